The van der Waals surface area contributed by atoms with Crippen LogP contribution in [-0.2, 0) is 4.74 Å². The predicted octanol–water partition coefficient (Wildman–Crippen LogP) is 0.0660. The molecule has 0 aliphatic carbocycles. The van der Waals surface area contributed by atoms with Gasteiger partial charge >= 0.3 is 0 Å². The zero-order valence-electron chi connectivity index (χ0n) is 10.1. The minimum absolute atomic E-state index is 0.363. The lowest BCUT2D eigenvalue weighted by atomic mass is 10.1. The Hall–Kier alpha value is -0.160. The van der Waals surface area contributed by atoms with Gasteiger partial charge in [0.15, 0.2) is 0 Å². The average Bonchev–Trinajstić information content (AvgIpc) is 2.20. The van der Waals surface area contributed by atoms with Crippen molar-refractivity contribution in [2.24, 2.45) is 0 Å². The quantitative estimate of drug-likeness (QED) is 0.682. The van der Waals surface area contributed by atoms with Gasteiger partial charge in [0.25, 0.3) is 0 Å². The Morgan fingerprint density at radius 3 is 2.93 bits per heavy atom. The standard InChI is InChI=1S/C11H24N2O2/c1-4-15-8-11(14)7-13-6-9(2)12-5-10(13)3/h9-12,14H,4-8H2,1-3H3. The van der Waals surface area contributed by atoms with E-state index in [1.807, 2.05) is 6.92 Å². The highest BCUT2D eigenvalue weighted by Crippen LogP contribution is 2.07. The van der Waals surface area contributed by atoms with Crippen molar-refractivity contribution in [3.8, 4) is 0 Å². The van der Waals surface area contributed by atoms with E-state index in [2.05, 4.69) is 24.1 Å². The van der Waals surface area contributed by atoms with Gasteiger partial charge in [-0.15, -0.1) is 0 Å². The molecular weight excluding hydrogens is 192 g/mol. The Balaban J connectivity index is 2.28. The van der Waals surface area contributed by atoms with Gasteiger partial charge in [-0.25, -0.2) is 0 Å². The van der Waals surface area contributed by atoms with Gasteiger partial charge in [0.05, 0.1) is 12.7 Å². The predicted molar refractivity (Wildman–Crippen MR) is 61.0 cm³/mol. The molecule has 1 aliphatic rings. The average molecular weight is 216 g/mol. The molecule has 3 atom stereocenters. The van der Waals surface area contributed by atoms with Crippen molar-refractivity contribution in [1.29, 1.82) is 0 Å². The smallest absolute Gasteiger partial charge is 0.0900 e. The SMILES string of the molecule is CCOCC(O)CN1CC(C)NCC1C. The number of nitrogens with zero attached hydrogens (tertiary/aromatic N) is 1. The monoisotopic (exact) mass is 216 g/mol. The first-order chi connectivity index (χ1) is 7.13. The molecule has 15 heavy (non-hydrogen) atoms. The van der Waals surface area contributed by atoms with Gasteiger partial charge in [-0.3, -0.25) is 4.90 Å². The largest absolute Gasteiger partial charge is 0.389 e. The van der Waals surface area contributed by atoms with Crippen molar-refractivity contribution in [1.82, 2.24) is 10.2 Å². The lowest BCUT2D eigenvalue weighted by Gasteiger charge is -2.38. The summed E-state index contributed by atoms with van der Waals surface area (Å²) in [5.74, 6) is 0. The number of ether oxygens (including phenoxy) is 1. The van der Waals surface area contributed by atoms with Crippen molar-refractivity contribution in [2.45, 2.75) is 39.0 Å². The van der Waals surface area contributed by atoms with Gasteiger partial charge in [0.1, 0.15) is 0 Å². The molecule has 1 fully saturated rings. The van der Waals surface area contributed by atoms with Gasteiger partial charge in [-0.1, -0.05) is 0 Å². The van der Waals surface area contributed by atoms with E-state index in [1.54, 1.807) is 0 Å². The lowest BCUT2D eigenvalue weighted by molar-refractivity contribution is 0.00627. The second-order valence-corrected chi connectivity index (χ2v) is 4.43. The number of aliphatic hydroxyl groups is 1. The fraction of sp³-hybridized carbons (Fsp3) is 1.00. The third-order valence-corrected chi connectivity index (χ3v) is 2.85. The van der Waals surface area contributed by atoms with E-state index in [9.17, 15) is 5.11 Å². The second-order valence-electron chi connectivity index (χ2n) is 4.43. The number of β-amino-alcohol motifs (C(OH)–C–C–N with tert-alkyl or cyclic N) is 1. The Bertz CT molecular complexity index is 178. The van der Waals surface area contributed by atoms with Gasteiger partial charge in [-0.05, 0) is 20.8 Å². The van der Waals surface area contributed by atoms with Gasteiger partial charge < -0.3 is 15.2 Å². The molecule has 0 aromatic carbocycles. The third-order valence-electron chi connectivity index (χ3n) is 2.85. The molecule has 0 aromatic heterocycles. The number of hydrogen-bond acceptors (Lipinski definition) is 4. The summed E-state index contributed by atoms with van der Waals surface area (Å²) in [5, 5.41) is 13.2. The molecule has 1 aliphatic heterocycles. The van der Waals surface area contributed by atoms with Crippen LogP contribution in [0.5, 0.6) is 0 Å². The summed E-state index contributed by atoms with van der Waals surface area (Å²) < 4.78 is 5.21. The van der Waals surface area contributed by atoms with Crippen molar-refractivity contribution < 1.29 is 9.84 Å². The molecule has 0 radical (unpaired) electrons. The van der Waals surface area contributed by atoms with E-state index in [0.717, 1.165) is 13.1 Å². The number of nitrogens with one attached hydrogen (secondary N) is 1. The molecule has 3 unspecified atom stereocenters. The van der Waals surface area contributed by atoms with Crippen molar-refractivity contribution in [3.63, 3.8) is 0 Å². The summed E-state index contributed by atoms with van der Waals surface area (Å²) in [6, 6.07) is 1.01. The van der Waals surface area contributed by atoms with E-state index in [0.29, 0.717) is 31.8 Å². The third kappa shape index (κ3) is 4.47. The fourth-order valence-corrected chi connectivity index (χ4v) is 1.93. The number of hydrogen-bond donors (Lipinski definition) is 2. The van der Waals surface area contributed by atoms with Crippen molar-refractivity contribution in [2.75, 3.05) is 32.8 Å². The first-order valence-corrected chi connectivity index (χ1v) is 5.86. The van der Waals surface area contributed by atoms with E-state index >= 15 is 0 Å². The van der Waals surface area contributed by atoms with Crippen LogP contribution in [0, 0.1) is 0 Å². The molecule has 0 amide bonds. The summed E-state index contributed by atoms with van der Waals surface area (Å²) in [6.45, 7) is 10.1. The molecule has 1 saturated heterocycles. The van der Waals surface area contributed by atoms with E-state index in [-0.39, 0.29) is 6.10 Å². The van der Waals surface area contributed by atoms with Gasteiger partial charge in [0, 0.05) is 38.3 Å². The maximum Gasteiger partial charge on any atom is 0.0900 e. The zero-order chi connectivity index (χ0) is 11.3. The van der Waals surface area contributed by atoms with Crippen molar-refractivity contribution in [3.05, 3.63) is 0 Å². The topological polar surface area (TPSA) is 44.7 Å². The molecule has 0 aromatic rings. The second kappa shape index (κ2) is 6.43. The van der Waals surface area contributed by atoms with Crippen LogP contribution in [0.1, 0.15) is 20.8 Å². The number of aliphatic hydroxyl groups excluding tert-OH is 1. The molecule has 90 valence electrons. The van der Waals surface area contributed by atoms with Crippen LogP contribution in [0.15, 0.2) is 0 Å². The summed E-state index contributed by atoms with van der Waals surface area (Å²) in [4.78, 5) is 2.32. The molecule has 4 nitrogen and oxygen atoms in total. The first-order valence-electron chi connectivity index (χ1n) is 5.86. The van der Waals surface area contributed by atoms with Crippen LogP contribution in [0.25, 0.3) is 0 Å². The van der Waals surface area contributed by atoms with Crippen molar-refractivity contribution >= 4 is 0 Å². The zero-order valence-corrected chi connectivity index (χ0v) is 10.1. The molecule has 0 spiro atoms. The van der Waals surface area contributed by atoms with Crippen LogP contribution < -0.4 is 5.32 Å². The first kappa shape index (κ1) is 12.9. The minimum Gasteiger partial charge on any atom is -0.389 e. The Labute approximate surface area is 92.6 Å². The summed E-state index contributed by atoms with van der Waals surface area (Å²) in [5.41, 5.74) is 0. The number of rotatable bonds is 5. The van der Waals surface area contributed by atoms with Crippen LogP contribution in [0.3, 0.4) is 0 Å². The molecule has 1 rings (SSSR count). The maximum atomic E-state index is 9.75. The molecule has 2 N–H and O–H groups in total. The highest BCUT2D eigenvalue weighted by Gasteiger charge is 2.23. The van der Waals surface area contributed by atoms with Crippen LogP contribution in [0.4, 0.5) is 0 Å². The molecular formula is C11H24N2O2. The lowest BCUT2D eigenvalue weighted by Crippen LogP contribution is -2.56. The molecule has 0 bridgehead atoms. The van der Waals surface area contributed by atoms with E-state index < -0.39 is 0 Å². The van der Waals surface area contributed by atoms with Crippen LogP contribution >= 0.6 is 0 Å². The fourth-order valence-electron chi connectivity index (χ4n) is 1.93. The molecule has 0 saturated carbocycles. The Morgan fingerprint density at radius 1 is 1.53 bits per heavy atom. The molecule has 1 heterocycles. The van der Waals surface area contributed by atoms with Gasteiger partial charge in [0.2, 0.25) is 0 Å². The maximum absolute atomic E-state index is 9.75. The van der Waals surface area contributed by atoms with Crippen LogP contribution in [-0.4, -0.2) is 61.0 Å². The highest BCUT2D eigenvalue weighted by atomic mass is 16.5. The normalized spacial score (nSPS) is 30.4. The van der Waals surface area contributed by atoms with Gasteiger partial charge in [-0.2, -0.15) is 0 Å². The summed E-state index contributed by atoms with van der Waals surface area (Å²) >= 11 is 0. The van der Waals surface area contributed by atoms with Crippen LogP contribution in [0.2, 0.25) is 0 Å². The highest BCUT2D eigenvalue weighted by molar-refractivity contribution is 4.82. The summed E-state index contributed by atoms with van der Waals surface area (Å²) in [6.07, 6.45) is -0.363. The molecule has 4 heteroatoms. The Kier molecular flexibility index (Phi) is 5.53. The Morgan fingerprint density at radius 2 is 2.27 bits per heavy atom. The summed E-state index contributed by atoms with van der Waals surface area (Å²) in [7, 11) is 0. The number of piperazine rings is 1. The minimum atomic E-state index is -0.363. The van der Waals surface area contributed by atoms with E-state index in [1.165, 1.54) is 0 Å². The van der Waals surface area contributed by atoms with E-state index in [4.69, 9.17) is 4.74 Å².